The van der Waals surface area contributed by atoms with Crippen LogP contribution in [0.3, 0.4) is 0 Å². The van der Waals surface area contributed by atoms with Crippen LogP contribution in [0.2, 0.25) is 0 Å². The van der Waals surface area contributed by atoms with Crippen molar-refractivity contribution in [3.63, 3.8) is 0 Å². The van der Waals surface area contributed by atoms with Gasteiger partial charge in [0.2, 0.25) is 0 Å². The van der Waals surface area contributed by atoms with Crippen molar-refractivity contribution in [3.8, 4) is 11.1 Å². The molecule has 2 heterocycles. The summed E-state index contributed by atoms with van der Waals surface area (Å²) in [6, 6.07) is 46.0. The fraction of sp³-hybridized carbons (Fsp3) is 0.0769. The zero-order chi connectivity index (χ0) is 29.6. The third kappa shape index (κ3) is 4.46. The summed E-state index contributed by atoms with van der Waals surface area (Å²) in [6.07, 6.45) is -0.518. The highest BCUT2D eigenvalue weighted by atomic mass is 16.3. The van der Waals surface area contributed by atoms with Gasteiger partial charge in [-0.25, -0.2) is 4.99 Å². The predicted octanol–water partition coefficient (Wildman–Crippen LogP) is 9.07. The Labute approximate surface area is 255 Å². The number of nitrogens with one attached hydrogen (secondary N) is 3. The van der Waals surface area contributed by atoms with Gasteiger partial charge in [0.05, 0.1) is 5.56 Å². The number of aryl methyl sites for hydroxylation is 1. The van der Waals surface area contributed by atoms with E-state index in [1.807, 2.05) is 55.5 Å². The summed E-state index contributed by atoms with van der Waals surface area (Å²) >= 11 is 0. The molecule has 0 aliphatic carbocycles. The van der Waals surface area contributed by atoms with E-state index in [1.54, 1.807) is 0 Å². The van der Waals surface area contributed by atoms with Crippen molar-refractivity contribution in [1.29, 1.82) is 5.41 Å². The smallest absolute Gasteiger partial charge is 0.150 e. The Morgan fingerprint density at radius 2 is 1.34 bits per heavy atom. The van der Waals surface area contributed by atoms with Gasteiger partial charge in [0.1, 0.15) is 29.4 Å². The number of para-hydroxylation sites is 1. The molecule has 212 valence electrons. The van der Waals surface area contributed by atoms with E-state index < -0.39 is 0 Å². The molecular weight excluding hydrogens is 540 g/mol. The summed E-state index contributed by atoms with van der Waals surface area (Å²) in [5.41, 5.74) is 6.04. The van der Waals surface area contributed by atoms with Crippen LogP contribution in [0.25, 0.3) is 43.6 Å². The molecule has 1 aliphatic rings. The Morgan fingerprint density at radius 3 is 2.14 bits per heavy atom. The number of amidine groups is 1. The van der Waals surface area contributed by atoms with Crippen LogP contribution in [-0.2, 0) is 0 Å². The minimum absolute atomic E-state index is 0.212. The summed E-state index contributed by atoms with van der Waals surface area (Å²) < 4.78 is 6.48. The van der Waals surface area contributed by atoms with Gasteiger partial charge in [0.25, 0.3) is 0 Å². The molecule has 5 heteroatoms. The van der Waals surface area contributed by atoms with Crippen LogP contribution in [0, 0.1) is 12.3 Å². The largest absolute Gasteiger partial charge is 0.460 e. The van der Waals surface area contributed by atoms with Crippen molar-refractivity contribution in [3.05, 3.63) is 156 Å². The number of hydrogen-bond donors (Lipinski definition) is 3. The fourth-order valence-corrected chi connectivity index (χ4v) is 6.37. The third-order valence-electron chi connectivity index (χ3n) is 8.55. The first-order valence-corrected chi connectivity index (χ1v) is 14.9. The van der Waals surface area contributed by atoms with E-state index in [1.165, 1.54) is 21.5 Å². The van der Waals surface area contributed by atoms with Gasteiger partial charge in [-0.2, -0.15) is 0 Å². The molecule has 3 N–H and O–H groups in total. The first-order valence-electron chi connectivity index (χ1n) is 14.9. The van der Waals surface area contributed by atoms with Crippen LogP contribution in [0.1, 0.15) is 34.8 Å². The SMILES string of the molecule is Cc1oc2c(-c3ccc4ccc5ccccc5c4c3)cccc2c1C(=N)C1=NC(c2ccccc2)NC(c2ccccc2)N1. The van der Waals surface area contributed by atoms with Crippen molar-refractivity contribution in [2.24, 2.45) is 4.99 Å². The molecule has 5 nitrogen and oxygen atoms in total. The van der Waals surface area contributed by atoms with E-state index in [4.69, 9.17) is 9.41 Å². The van der Waals surface area contributed by atoms with Gasteiger partial charge in [0.15, 0.2) is 5.84 Å². The minimum Gasteiger partial charge on any atom is -0.460 e. The van der Waals surface area contributed by atoms with Gasteiger partial charge in [-0.05, 0) is 51.2 Å². The van der Waals surface area contributed by atoms with Gasteiger partial charge in [-0.15, -0.1) is 0 Å². The van der Waals surface area contributed by atoms with Gasteiger partial charge in [0, 0.05) is 10.9 Å². The molecule has 0 fully saturated rings. The second kappa shape index (κ2) is 10.6. The lowest BCUT2D eigenvalue weighted by Crippen LogP contribution is -2.47. The normalized spacial score (nSPS) is 16.6. The van der Waals surface area contributed by atoms with Crippen molar-refractivity contribution < 1.29 is 4.42 Å². The summed E-state index contributed by atoms with van der Waals surface area (Å²) in [7, 11) is 0. The van der Waals surface area contributed by atoms with Crippen molar-refractivity contribution >= 4 is 44.1 Å². The molecule has 8 rings (SSSR count). The van der Waals surface area contributed by atoms with E-state index in [0.717, 1.165) is 38.8 Å². The summed E-state index contributed by atoms with van der Waals surface area (Å²) in [4.78, 5) is 5.00. The average Bonchev–Trinajstić information content (AvgIpc) is 3.44. The molecule has 0 saturated heterocycles. The lowest BCUT2D eigenvalue weighted by atomic mass is 9.95. The van der Waals surface area contributed by atoms with Crippen LogP contribution in [0.4, 0.5) is 0 Å². The summed E-state index contributed by atoms with van der Waals surface area (Å²) in [6.45, 7) is 1.94. The Balaban J connectivity index is 1.23. The summed E-state index contributed by atoms with van der Waals surface area (Å²) in [5, 5.41) is 22.3. The number of fused-ring (bicyclic) bond motifs is 4. The zero-order valence-corrected chi connectivity index (χ0v) is 24.2. The number of hydrogen-bond acceptors (Lipinski definition) is 5. The average molecular weight is 571 g/mol. The molecule has 2 unspecified atom stereocenters. The molecule has 0 amide bonds. The maximum Gasteiger partial charge on any atom is 0.150 e. The predicted molar refractivity (Wildman–Crippen MR) is 180 cm³/mol. The molecule has 1 aromatic heterocycles. The topological polar surface area (TPSA) is 73.4 Å². The fourth-order valence-electron chi connectivity index (χ4n) is 6.37. The van der Waals surface area contributed by atoms with Gasteiger partial charge < -0.3 is 9.73 Å². The van der Waals surface area contributed by atoms with Crippen LogP contribution in [0.5, 0.6) is 0 Å². The second-order valence-corrected chi connectivity index (χ2v) is 11.3. The highest BCUT2D eigenvalue weighted by Crippen LogP contribution is 2.37. The second-order valence-electron chi connectivity index (χ2n) is 11.3. The van der Waals surface area contributed by atoms with Crippen LogP contribution in [-0.4, -0.2) is 11.5 Å². The molecule has 0 spiro atoms. The number of rotatable bonds is 5. The van der Waals surface area contributed by atoms with Crippen molar-refractivity contribution in [1.82, 2.24) is 10.6 Å². The van der Waals surface area contributed by atoms with Crippen LogP contribution < -0.4 is 10.6 Å². The number of benzene rings is 6. The number of furan rings is 1. The Hall–Kier alpha value is -5.52. The Bertz CT molecular complexity index is 2220. The quantitative estimate of drug-likeness (QED) is 0.143. The lowest BCUT2D eigenvalue weighted by molar-refractivity contribution is 0.411. The molecule has 0 saturated carbocycles. The third-order valence-corrected chi connectivity index (χ3v) is 8.55. The highest BCUT2D eigenvalue weighted by Gasteiger charge is 2.29. The molecule has 0 radical (unpaired) electrons. The van der Waals surface area contributed by atoms with E-state index >= 15 is 0 Å². The van der Waals surface area contributed by atoms with Gasteiger partial charge >= 0.3 is 0 Å². The molecule has 0 bridgehead atoms. The van der Waals surface area contributed by atoms with Gasteiger partial charge in [-0.3, -0.25) is 10.7 Å². The lowest BCUT2D eigenvalue weighted by Gasteiger charge is -2.32. The van der Waals surface area contributed by atoms with Crippen molar-refractivity contribution in [2.75, 3.05) is 0 Å². The number of aliphatic imine (C=N–C) groups is 1. The monoisotopic (exact) mass is 570 g/mol. The summed E-state index contributed by atoms with van der Waals surface area (Å²) in [5.74, 6) is 1.22. The first-order chi connectivity index (χ1) is 21.6. The zero-order valence-electron chi connectivity index (χ0n) is 24.2. The van der Waals surface area contributed by atoms with E-state index in [-0.39, 0.29) is 12.3 Å². The minimum atomic E-state index is -0.306. The molecule has 6 aromatic carbocycles. The standard InChI is InChI=1S/C39H30N4O/c1-24-34(35(40)39-42-37(27-12-4-2-5-13-27)41-38(43-39)28-14-6-3-7-15-28)32-18-10-17-31(36(32)44-24)29-22-21-26-20-19-25-11-8-9-16-30(25)33(26)23-29/h2-23,37-38,40-41H,1H3,(H,42,43). The molecule has 1 aliphatic heterocycles. The molecule has 7 aromatic rings. The molecule has 44 heavy (non-hydrogen) atoms. The van der Waals surface area contributed by atoms with E-state index in [2.05, 4.69) is 95.6 Å². The molecular formula is C39H30N4O. The maximum atomic E-state index is 9.46. The number of nitrogens with zero attached hydrogens (tertiary/aromatic N) is 1. The van der Waals surface area contributed by atoms with Crippen LogP contribution in [0.15, 0.2) is 143 Å². The Morgan fingerprint density at radius 1 is 0.682 bits per heavy atom. The Kier molecular flexibility index (Phi) is 6.32. The maximum absolute atomic E-state index is 9.46. The van der Waals surface area contributed by atoms with Crippen molar-refractivity contribution in [2.45, 2.75) is 19.3 Å². The van der Waals surface area contributed by atoms with Crippen LogP contribution >= 0.6 is 0 Å². The highest BCUT2D eigenvalue weighted by molar-refractivity contribution is 6.48. The first kappa shape index (κ1) is 26.1. The molecule has 2 atom stereocenters. The van der Waals surface area contributed by atoms with E-state index in [9.17, 15) is 5.41 Å². The van der Waals surface area contributed by atoms with Gasteiger partial charge in [-0.1, -0.05) is 127 Å². The van der Waals surface area contributed by atoms with E-state index in [0.29, 0.717) is 17.3 Å².